The summed E-state index contributed by atoms with van der Waals surface area (Å²) in [5.41, 5.74) is 1.79. The van der Waals surface area contributed by atoms with Crippen LogP contribution in [0.5, 0.6) is 0 Å². The van der Waals surface area contributed by atoms with Gasteiger partial charge in [-0.05, 0) is 43.5 Å². The summed E-state index contributed by atoms with van der Waals surface area (Å²) in [6.07, 6.45) is 5.51. The summed E-state index contributed by atoms with van der Waals surface area (Å²) in [4.78, 5) is 12.0. The maximum Gasteiger partial charge on any atom is 0.294 e. The van der Waals surface area contributed by atoms with Crippen LogP contribution in [0.2, 0.25) is 0 Å². The van der Waals surface area contributed by atoms with E-state index in [1.165, 1.54) is 12.1 Å². The first-order valence-electron chi connectivity index (χ1n) is 8.99. The van der Waals surface area contributed by atoms with Crippen molar-refractivity contribution < 1.29 is 22.5 Å². The number of hydrogen-bond donors (Lipinski definition) is 1. The van der Waals surface area contributed by atoms with Gasteiger partial charge >= 0.3 is 0 Å². The number of carbonyl (C=O) groups excluding carboxylic acids is 1. The van der Waals surface area contributed by atoms with Gasteiger partial charge in [0.25, 0.3) is 10.1 Å². The maximum atomic E-state index is 12.1. The molecule has 0 aromatic heterocycles. The third-order valence-corrected chi connectivity index (χ3v) is 6.40. The summed E-state index contributed by atoms with van der Waals surface area (Å²) in [5, 5.41) is 0. The van der Waals surface area contributed by atoms with Crippen LogP contribution in [0.3, 0.4) is 0 Å². The Kier molecular flexibility index (Phi) is 5.14. The number of carbonyl (C=O) groups is 1. The zero-order valence-corrected chi connectivity index (χ0v) is 16.5. The van der Waals surface area contributed by atoms with Gasteiger partial charge < -0.3 is 4.74 Å². The number of benzene rings is 1. The highest BCUT2D eigenvalue weighted by atomic mass is 32.2. The van der Waals surface area contributed by atoms with Gasteiger partial charge in [0.15, 0.2) is 5.78 Å². The minimum Gasteiger partial charge on any atom is -0.493 e. The lowest BCUT2D eigenvalue weighted by Crippen LogP contribution is -2.40. The van der Waals surface area contributed by atoms with Crippen molar-refractivity contribution in [3.63, 3.8) is 0 Å². The fourth-order valence-corrected chi connectivity index (χ4v) is 4.97. The molecule has 0 amide bonds. The van der Waals surface area contributed by atoms with E-state index in [-0.39, 0.29) is 34.5 Å². The molecule has 1 saturated heterocycles. The van der Waals surface area contributed by atoms with Gasteiger partial charge in [-0.2, -0.15) is 8.42 Å². The zero-order valence-electron chi connectivity index (χ0n) is 15.7. The molecule has 5 nitrogen and oxygen atoms in total. The average Bonchev–Trinajstić information content (AvgIpc) is 2.62. The van der Waals surface area contributed by atoms with Gasteiger partial charge in [-0.25, -0.2) is 0 Å². The van der Waals surface area contributed by atoms with E-state index in [4.69, 9.17) is 4.74 Å². The zero-order chi connectivity index (χ0) is 19.9. The second kappa shape index (κ2) is 7.09. The Morgan fingerprint density at radius 3 is 2.59 bits per heavy atom. The van der Waals surface area contributed by atoms with Gasteiger partial charge in [-0.1, -0.05) is 31.2 Å². The Labute approximate surface area is 160 Å². The van der Waals surface area contributed by atoms with Crippen molar-refractivity contribution >= 4 is 15.9 Å². The molecule has 4 unspecified atom stereocenters. The molecule has 1 aromatic rings. The molecule has 2 aliphatic rings. The largest absolute Gasteiger partial charge is 0.493 e. The van der Waals surface area contributed by atoms with Crippen LogP contribution in [0.25, 0.3) is 0 Å². The predicted molar refractivity (Wildman–Crippen MR) is 103 cm³/mol. The minimum atomic E-state index is -4.41. The maximum absolute atomic E-state index is 12.1. The van der Waals surface area contributed by atoms with E-state index in [1.54, 1.807) is 32.1 Å². The van der Waals surface area contributed by atoms with Crippen LogP contribution < -0.4 is 0 Å². The Morgan fingerprint density at radius 1 is 1.30 bits per heavy atom. The molecule has 4 atom stereocenters. The standard InChI is InChI=1S/C21H24O5S/c1-5-14-18(6-2)26-21-13(4)17(22)10-9-16(21)20(14)15-8-7-12(3)11-19(15)27(23,24)25/h5,7-11,14,16,18,20H,1,6H2,2-4H3,(H,23,24,25). The van der Waals surface area contributed by atoms with E-state index in [0.29, 0.717) is 23.3 Å². The van der Waals surface area contributed by atoms with Crippen molar-refractivity contribution in [1.29, 1.82) is 0 Å². The molecule has 3 rings (SSSR count). The van der Waals surface area contributed by atoms with E-state index in [1.807, 2.05) is 13.0 Å². The summed E-state index contributed by atoms with van der Waals surface area (Å²) in [6, 6.07) is 5.05. The fraction of sp³-hybridized carbons (Fsp3) is 0.381. The monoisotopic (exact) mass is 388 g/mol. The number of aryl methyl sites for hydroxylation is 1. The lowest BCUT2D eigenvalue weighted by molar-refractivity contribution is -0.112. The second-order valence-corrected chi connectivity index (χ2v) is 8.55. The highest BCUT2D eigenvalue weighted by Gasteiger charge is 2.45. The van der Waals surface area contributed by atoms with Crippen LogP contribution >= 0.6 is 0 Å². The van der Waals surface area contributed by atoms with Crippen LogP contribution in [0, 0.1) is 18.8 Å². The first-order valence-corrected chi connectivity index (χ1v) is 10.4. The third kappa shape index (κ3) is 3.39. The Morgan fingerprint density at radius 2 is 2.00 bits per heavy atom. The molecular weight excluding hydrogens is 364 g/mol. The molecule has 0 bridgehead atoms. The van der Waals surface area contributed by atoms with Crippen LogP contribution in [0.4, 0.5) is 0 Å². The quantitative estimate of drug-likeness (QED) is 0.624. The van der Waals surface area contributed by atoms with E-state index in [9.17, 15) is 17.8 Å². The summed E-state index contributed by atoms with van der Waals surface area (Å²) < 4.78 is 40.1. The molecule has 1 N–H and O–H groups in total. The van der Waals surface area contributed by atoms with E-state index < -0.39 is 10.1 Å². The molecule has 1 aliphatic heterocycles. The molecule has 0 spiro atoms. The van der Waals surface area contributed by atoms with E-state index >= 15 is 0 Å². The van der Waals surface area contributed by atoms with Gasteiger partial charge in [0.1, 0.15) is 11.9 Å². The van der Waals surface area contributed by atoms with Gasteiger partial charge in [-0.3, -0.25) is 9.35 Å². The predicted octanol–water partition coefficient (Wildman–Crippen LogP) is 3.97. The van der Waals surface area contributed by atoms with E-state index in [2.05, 4.69) is 6.58 Å². The van der Waals surface area contributed by atoms with Crippen LogP contribution in [0.1, 0.15) is 37.3 Å². The normalized spacial score (nSPS) is 27.9. The van der Waals surface area contributed by atoms with Crippen molar-refractivity contribution in [1.82, 2.24) is 0 Å². The number of ether oxygens (including phenoxy) is 1. The summed E-state index contributed by atoms with van der Waals surface area (Å²) in [7, 11) is -4.41. The van der Waals surface area contributed by atoms with Crippen molar-refractivity contribution in [2.24, 2.45) is 11.8 Å². The first-order chi connectivity index (χ1) is 12.7. The number of ketones is 1. The minimum absolute atomic E-state index is 0.0987. The fourth-order valence-electron chi connectivity index (χ4n) is 4.13. The lowest BCUT2D eigenvalue weighted by atomic mass is 9.69. The molecule has 6 heteroatoms. The Balaban J connectivity index is 2.27. The third-order valence-electron chi connectivity index (χ3n) is 5.49. The summed E-state index contributed by atoms with van der Waals surface area (Å²) in [5.74, 6) is -0.299. The second-order valence-electron chi connectivity index (χ2n) is 7.16. The van der Waals surface area contributed by atoms with Crippen LogP contribution in [-0.4, -0.2) is 24.9 Å². The molecule has 1 fully saturated rings. The Bertz CT molecular complexity index is 955. The SMILES string of the molecule is C=CC1C(CC)OC2=C(C)C(=O)C=CC2C1c1ccc(C)cc1S(=O)(=O)O. The number of hydrogen-bond acceptors (Lipinski definition) is 4. The number of fused-ring (bicyclic) bond motifs is 1. The van der Waals surface area contributed by atoms with Gasteiger partial charge in [0, 0.05) is 23.3 Å². The molecule has 0 saturated carbocycles. The molecule has 144 valence electrons. The lowest BCUT2D eigenvalue weighted by Gasteiger charge is -2.44. The molecule has 27 heavy (non-hydrogen) atoms. The van der Waals surface area contributed by atoms with Crippen LogP contribution in [0.15, 0.2) is 59.2 Å². The number of rotatable bonds is 4. The smallest absolute Gasteiger partial charge is 0.294 e. The molecule has 1 aliphatic carbocycles. The molecule has 1 aromatic carbocycles. The van der Waals surface area contributed by atoms with E-state index in [0.717, 1.165) is 5.56 Å². The van der Waals surface area contributed by atoms with Gasteiger partial charge in [-0.15, -0.1) is 6.58 Å². The van der Waals surface area contributed by atoms with Gasteiger partial charge in [0.2, 0.25) is 0 Å². The molecule has 0 radical (unpaired) electrons. The number of allylic oxidation sites excluding steroid dienone is 3. The molecular formula is C21H24O5S. The first kappa shape index (κ1) is 19.6. The van der Waals surface area contributed by atoms with Crippen molar-refractivity contribution in [2.45, 2.75) is 44.1 Å². The highest BCUT2D eigenvalue weighted by Crippen LogP contribution is 2.49. The van der Waals surface area contributed by atoms with Crippen molar-refractivity contribution in [2.75, 3.05) is 0 Å². The van der Waals surface area contributed by atoms with Crippen molar-refractivity contribution in [3.8, 4) is 0 Å². The highest BCUT2D eigenvalue weighted by molar-refractivity contribution is 7.85. The Hall–Kier alpha value is -2.18. The van der Waals surface area contributed by atoms with Crippen LogP contribution in [-0.2, 0) is 19.6 Å². The average molecular weight is 388 g/mol. The topological polar surface area (TPSA) is 80.7 Å². The molecule has 1 heterocycles. The van der Waals surface area contributed by atoms with Gasteiger partial charge in [0.05, 0.1) is 4.90 Å². The summed E-state index contributed by atoms with van der Waals surface area (Å²) >= 11 is 0. The van der Waals surface area contributed by atoms with Crippen molar-refractivity contribution in [3.05, 3.63) is 65.5 Å². The summed E-state index contributed by atoms with van der Waals surface area (Å²) in [6.45, 7) is 9.42.